The van der Waals surface area contributed by atoms with Gasteiger partial charge in [-0.1, -0.05) is 24.3 Å². The molecule has 0 saturated carbocycles. The highest BCUT2D eigenvalue weighted by Crippen LogP contribution is 2.14. The molecule has 1 aliphatic rings. The Morgan fingerprint density at radius 2 is 2.07 bits per heavy atom. The molecule has 1 aromatic carbocycles. The third kappa shape index (κ3) is 1.63. The first-order valence-electron chi connectivity index (χ1n) is 4.83. The fourth-order valence-electron chi connectivity index (χ4n) is 1.78. The van der Waals surface area contributed by atoms with Crippen LogP contribution in [0.5, 0.6) is 0 Å². The SMILES string of the molecule is CNC1Cc2ccccc2CNC1=O. The molecule has 0 fully saturated rings. The van der Waals surface area contributed by atoms with Crippen LogP contribution in [0.2, 0.25) is 0 Å². The average Bonchev–Trinajstić information content (AvgIpc) is 2.38. The van der Waals surface area contributed by atoms with E-state index < -0.39 is 0 Å². The van der Waals surface area contributed by atoms with Crippen molar-refractivity contribution >= 4 is 5.91 Å². The Morgan fingerprint density at radius 1 is 1.36 bits per heavy atom. The third-order valence-corrected chi connectivity index (χ3v) is 2.66. The predicted molar refractivity (Wildman–Crippen MR) is 54.8 cm³/mol. The maximum atomic E-state index is 11.5. The van der Waals surface area contributed by atoms with Crippen LogP contribution in [0, 0.1) is 0 Å². The number of carbonyl (C=O) groups is 1. The molecule has 14 heavy (non-hydrogen) atoms. The normalized spacial score (nSPS) is 20.9. The lowest BCUT2D eigenvalue weighted by Crippen LogP contribution is -2.41. The van der Waals surface area contributed by atoms with Crippen LogP contribution >= 0.6 is 0 Å². The van der Waals surface area contributed by atoms with E-state index >= 15 is 0 Å². The minimum absolute atomic E-state index is 0.0868. The van der Waals surface area contributed by atoms with E-state index in [2.05, 4.69) is 22.8 Å². The summed E-state index contributed by atoms with van der Waals surface area (Å²) < 4.78 is 0. The van der Waals surface area contributed by atoms with Crippen molar-refractivity contribution in [2.24, 2.45) is 0 Å². The van der Waals surface area contributed by atoms with Crippen molar-refractivity contribution in [3.8, 4) is 0 Å². The molecular formula is C11H14N2O. The molecule has 0 aliphatic carbocycles. The van der Waals surface area contributed by atoms with Crippen LogP contribution in [0.25, 0.3) is 0 Å². The van der Waals surface area contributed by atoms with E-state index in [1.807, 2.05) is 19.2 Å². The lowest BCUT2D eigenvalue weighted by Gasteiger charge is -2.11. The zero-order chi connectivity index (χ0) is 9.97. The molecule has 0 saturated heterocycles. The van der Waals surface area contributed by atoms with Gasteiger partial charge < -0.3 is 10.6 Å². The number of hydrogen-bond acceptors (Lipinski definition) is 2. The third-order valence-electron chi connectivity index (χ3n) is 2.66. The molecule has 0 spiro atoms. The van der Waals surface area contributed by atoms with Crippen LogP contribution in [-0.4, -0.2) is 19.0 Å². The lowest BCUT2D eigenvalue weighted by molar-refractivity contribution is -0.122. The number of likely N-dealkylation sites (N-methyl/N-ethyl adjacent to an activating group) is 1. The van der Waals surface area contributed by atoms with Gasteiger partial charge in [0, 0.05) is 6.54 Å². The molecule has 0 bridgehead atoms. The molecule has 1 unspecified atom stereocenters. The van der Waals surface area contributed by atoms with Crippen LogP contribution in [0.15, 0.2) is 24.3 Å². The van der Waals surface area contributed by atoms with Gasteiger partial charge in [0.25, 0.3) is 0 Å². The highest BCUT2D eigenvalue weighted by Gasteiger charge is 2.21. The number of nitrogens with one attached hydrogen (secondary N) is 2. The van der Waals surface area contributed by atoms with Crippen LogP contribution < -0.4 is 10.6 Å². The summed E-state index contributed by atoms with van der Waals surface area (Å²) in [6.45, 7) is 0.646. The molecule has 1 heterocycles. The number of benzene rings is 1. The van der Waals surface area contributed by atoms with Gasteiger partial charge in [-0.05, 0) is 24.6 Å². The van der Waals surface area contributed by atoms with E-state index in [0.717, 1.165) is 6.42 Å². The lowest BCUT2D eigenvalue weighted by atomic mass is 10.0. The van der Waals surface area contributed by atoms with Crippen molar-refractivity contribution in [3.05, 3.63) is 35.4 Å². The smallest absolute Gasteiger partial charge is 0.237 e. The maximum Gasteiger partial charge on any atom is 0.237 e. The number of amides is 1. The van der Waals surface area contributed by atoms with Crippen molar-refractivity contribution in [3.63, 3.8) is 0 Å². The summed E-state index contributed by atoms with van der Waals surface area (Å²) in [5.74, 6) is 0.0868. The van der Waals surface area contributed by atoms with Crippen LogP contribution in [0.1, 0.15) is 11.1 Å². The van der Waals surface area contributed by atoms with Gasteiger partial charge in [-0.15, -0.1) is 0 Å². The topological polar surface area (TPSA) is 41.1 Å². The molecular weight excluding hydrogens is 176 g/mol. The Hall–Kier alpha value is -1.35. The highest BCUT2D eigenvalue weighted by atomic mass is 16.2. The first-order chi connectivity index (χ1) is 6.81. The van der Waals surface area contributed by atoms with Crippen molar-refractivity contribution in [1.29, 1.82) is 0 Å². The van der Waals surface area contributed by atoms with Crippen molar-refractivity contribution in [2.45, 2.75) is 19.0 Å². The first kappa shape index (κ1) is 9.21. The minimum atomic E-state index is -0.0985. The molecule has 1 aliphatic heterocycles. The van der Waals surface area contributed by atoms with E-state index in [1.54, 1.807) is 0 Å². The van der Waals surface area contributed by atoms with Crippen molar-refractivity contribution in [1.82, 2.24) is 10.6 Å². The van der Waals surface area contributed by atoms with E-state index in [0.29, 0.717) is 6.54 Å². The van der Waals surface area contributed by atoms with Crippen LogP contribution in [0.4, 0.5) is 0 Å². The quantitative estimate of drug-likeness (QED) is 0.675. The molecule has 0 aromatic heterocycles. The van der Waals surface area contributed by atoms with E-state index in [-0.39, 0.29) is 11.9 Å². The number of carbonyl (C=O) groups excluding carboxylic acids is 1. The maximum absolute atomic E-state index is 11.5. The van der Waals surface area contributed by atoms with Crippen molar-refractivity contribution in [2.75, 3.05) is 7.05 Å². The summed E-state index contributed by atoms with van der Waals surface area (Å²) in [5.41, 5.74) is 2.48. The molecule has 1 amide bonds. The fraction of sp³-hybridized carbons (Fsp3) is 0.364. The van der Waals surface area contributed by atoms with Crippen LogP contribution in [0.3, 0.4) is 0 Å². The Morgan fingerprint density at radius 3 is 2.79 bits per heavy atom. The Balaban J connectivity index is 2.31. The first-order valence-corrected chi connectivity index (χ1v) is 4.83. The second kappa shape index (κ2) is 3.80. The standard InChI is InChI=1S/C11H14N2O/c1-12-10-6-8-4-2-3-5-9(8)7-13-11(10)14/h2-5,10,12H,6-7H2,1H3,(H,13,14). The van der Waals surface area contributed by atoms with Gasteiger partial charge in [0.2, 0.25) is 5.91 Å². The number of fused-ring (bicyclic) bond motifs is 1. The van der Waals surface area contributed by atoms with Gasteiger partial charge in [0.1, 0.15) is 0 Å². The largest absolute Gasteiger partial charge is 0.351 e. The van der Waals surface area contributed by atoms with Gasteiger partial charge in [-0.3, -0.25) is 4.79 Å². The highest BCUT2D eigenvalue weighted by molar-refractivity contribution is 5.82. The van der Waals surface area contributed by atoms with Crippen LogP contribution in [-0.2, 0) is 17.8 Å². The van der Waals surface area contributed by atoms with E-state index in [9.17, 15) is 4.79 Å². The summed E-state index contributed by atoms with van der Waals surface area (Å²) in [6.07, 6.45) is 0.776. The summed E-state index contributed by atoms with van der Waals surface area (Å²) in [7, 11) is 1.82. The van der Waals surface area contributed by atoms with Gasteiger partial charge in [-0.25, -0.2) is 0 Å². The molecule has 1 aromatic rings. The predicted octanol–water partition coefficient (Wildman–Crippen LogP) is 0.447. The second-order valence-corrected chi connectivity index (χ2v) is 3.53. The Bertz CT molecular complexity index is 349. The molecule has 2 rings (SSSR count). The molecule has 74 valence electrons. The van der Waals surface area contributed by atoms with Gasteiger partial charge >= 0.3 is 0 Å². The van der Waals surface area contributed by atoms with E-state index in [4.69, 9.17) is 0 Å². The number of rotatable bonds is 1. The monoisotopic (exact) mass is 190 g/mol. The molecule has 0 radical (unpaired) electrons. The zero-order valence-corrected chi connectivity index (χ0v) is 8.21. The van der Waals surface area contributed by atoms with Gasteiger partial charge in [0.05, 0.1) is 6.04 Å². The summed E-state index contributed by atoms with van der Waals surface area (Å²) >= 11 is 0. The van der Waals surface area contributed by atoms with E-state index in [1.165, 1.54) is 11.1 Å². The van der Waals surface area contributed by atoms with Gasteiger partial charge in [0.15, 0.2) is 0 Å². The zero-order valence-electron chi connectivity index (χ0n) is 8.21. The Labute approximate surface area is 83.5 Å². The molecule has 3 heteroatoms. The molecule has 2 N–H and O–H groups in total. The summed E-state index contributed by atoms with van der Waals surface area (Å²) in [5, 5.41) is 5.92. The summed E-state index contributed by atoms with van der Waals surface area (Å²) in [4.78, 5) is 11.5. The summed E-state index contributed by atoms with van der Waals surface area (Å²) in [6, 6.07) is 8.07. The Kier molecular flexibility index (Phi) is 2.50. The fourth-order valence-corrected chi connectivity index (χ4v) is 1.78. The molecule has 3 nitrogen and oxygen atoms in total. The second-order valence-electron chi connectivity index (χ2n) is 3.53. The molecule has 1 atom stereocenters. The number of hydrogen-bond donors (Lipinski definition) is 2. The minimum Gasteiger partial charge on any atom is -0.351 e. The van der Waals surface area contributed by atoms with Crippen molar-refractivity contribution < 1.29 is 4.79 Å². The van der Waals surface area contributed by atoms with Gasteiger partial charge in [-0.2, -0.15) is 0 Å². The average molecular weight is 190 g/mol.